The van der Waals surface area contributed by atoms with Crippen molar-refractivity contribution in [3.05, 3.63) is 23.8 Å². The summed E-state index contributed by atoms with van der Waals surface area (Å²) in [6, 6.07) is 2.78. The van der Waals surface area contributed by atoms with E-state index in [4.69, 9.17) is 10.5 Å². The van der Waals surface area contributed by atoms with Gasteiger partial charge < -0.3 is 20.3 Å². The van der Waals surface area contributed by atoms with Crippen LogP contribution in [0.15, 0.2) is 18.2 Å². The number of aliphatic hydroxyl groups is 1. The molecule has 0 spiro atoms. The topological polar surface area (TPSA) is 64.7 Å². The second-order valence-corrected chi connectivity index (χ2v) is 4.69. The van der Waals surface area contributed by atoms with Crippen LogP contribution in [0.4, 0.5) is 13.2 Å². The molecule has 8 heteroatoms. The lowest BCUT2D eigenvalue weighted by Gasteiger charge is -2.22. The second kappa shape index (κ2) is 9.07. The summed E-state index contributed by atoms with van der Waals surface area (Å²) in [5.41, 5.74) is 6.20. The minimum Gasteiger partial charge on any atom is -0.496 e. The van der Waals surface area contributed by atoms with Crippen LogP contribution in [-0.4, -0.2) is 24.7 Å². The third-order valence-corrected chi connectivity index (χ3v) is 3.06. The van der Waals surface area contributed by atoms with Crippen LogP contribution in [0.1, 0.15) is 37.8 Å². The molecule has 1 aromatic rings. The average molecular weight is 344 g/mol. The highest BCUT2D eigenvalue weighted by atomic mass is 35.5. The molecule has 0 aliphatic rings. The molecule has 128 valence electrons. The van der Waals surface area contributed by atoms with Crippen molar-refractivity contribution >= 4 is 12.4 Å². The monoisotopic (exact) mass is 343 g/mol. The first-order valence-corrected chi connectivity index (χ1v) is 6.65. The van der Waals surface area contributed by atoms with Crippen molar-refractivity contribution in [3.8, 4) is 11.5 Å². The zero-order valence-corrected chi connectivity index (χ0v) is 13.2. The summed E-state index contributed by atoms with van der Waals surface area (Å²) in [6.45, 7) is 1.97. The fourth-order valence-electron chi connectivity index (χ4n) is 1.97. The molecule has 0 fully saturated rings. The largest absolute Gasteiger partial charge is 0.573 e. The van der Waals surface area contributed by atoms with Crippen LogP contribution in [0, 0.1) is 0 Å². The Bertz CT molecular complexity index is 457. The fourth-order valence-corrected chi connectivity index (χ4v) is 1.97. The highest BCUT2D eigenvalue weighted by Crippen LogP contribution is 2.33. The highest BCUT2D eigenvalue weighted by Gasteiger charge is 2.32. The number of methoxy groups -OCH3 is 1. The number of aliphatic hydroxyl groups excluding tert-OH is 1. The minimum atomic E-state index is -4.78. The number of rotatable bonds is 7. The van der Waals surface area contributed by atoms with E-state index in [-0.39, 0.29) is 18.0 Å². The third-order valence-electron chi connectivity index (χ3n) is 3.06. The molecule has 0 saturated carbocycles. The van der Waals surface area contributed by atoms with Gasteiger partial charge in [0, 0.05) is 5.56 Å². The Labute approximate surface area is 133 Å². The van der Waals surface area contributed by atoms with Gasteiger partial charge in [0.15, 0.2) is 0 Å². The van der Waals surface area contributed by atoms with E-state index in [1.54, 1.807) is 0 Å². The molecule has 0 saturated heterocycles. The Morgan fingerprint density at radius 1 is 1.32 bits per heavy atom. The van der Waals surface area contributed by atoms with Gasteiger partial charge in [-0.2, -0.15) is 0 Å². The van der Waals surface area contributed by atoms with Crippen LogP contribution in [0.2, 0.25) is 0 Å². The van der Waals surface area contributed by atoms with Gasteiger partial charge in [0.1, 0.15) is 11.5 Å². The molecule has 0 aliphatic carbocycles. The van der Waals surface area contributed by atoms with Crippen LogP contribution in [0.3, 0.4) is 0 Å². The van der Waals surface area contributed by atoms with Crippen LogP contribution in [-0.2, 0) is 0 Å². The standard InChI is InChI=1S/C14H20F3NO3.ClH/c1-3-4-5-11(19)13(18)10-8-9(21-14(15,16)17)6-7-12(10)20-2;/h6-8,11,13,19H,3-5,18H2,1-2H3;1H/t11-,13+;/m0./s1. The Balaban J connectivity index is 0.00000441. The van der Waals surface area contributed by atoms with Crippen molar-refractivity contribution in [1.29, 1.82) is 0 Å². The smallest absolute Gasteiger partial charge is 0.496 e. The summed E-state index contributed by atoms with van der Waals surface area (Å²) in [6.07, 6.45) is -3.52. The molecule has 0 bridgehead atoms. The predicted molar refractivity (Wildman–Crippen MR) is 79.4 cm³/mol. The molecular weight excluding hydrogens is 323 g/mol. The number of unbranched alkanes of at least 4 members (excludes halogenated alkanes) is 1. The van der Waals surface area contributed by atoms with Crippen LogP contribution >= 0.6 is 12.4 Å². The van der Waals surface area contributed by atoms with Gasteiger partial charge in [-0.1, -0.05) is 19.8 Å². The van der Waals surface area contributed by atoms with E-state index in [1.807, 2.05) is 6.92 Å². The molecule has 0 aliphatic heterocycles. The molecule has 1 aromatic carbocycles. The molecule has 3 N–H and O–H groups in total. The maximum atomic E-state index is 12.2. The van der Waals surface area contributed by atoms with Gasteiger partial charge >= 0.3 is 6.36 Å². The summed E-state index contributed by atoms with van der Waals surface area (Å²) >= 11 is 0. The van der Waals surface area contributed by atoms with E-state index in [0.29, 0.717) is 12.2 Å². The first kappa shape index (κ1) is 20.8. The molecule has 4 nitrogen and oxygen atoms in total. The third kappa shape index (κ3) is 6.29. The quantitative estimate of drug-likeness (QED) is 0.794. The molecule has 0 heterocycles. The van der Waals surface area contributed by atoms with Crippen molar-refractivity contribution in [3.63, 3.8) is 0 Å². The van der Waals surface area contributed by atoms with Gasteiger partial charge in [0.25, 0.3) is 0 Å². The molecule has 22 heavy (non-hydrogen) atoms. The lowest BCUT2D eigenvalue weighted by Crippen LogP contribution is -2.27. The van der Waals surface area contributed by atoms with E-state index < -0.39 is 24.3 Å². The van der Waals surface area contributed by atoms with Crippen LogP contribution in [0.25, 0.3) is 0 Å². The predicted octanol–water partition coefficient (Wildman–Crippen LogP) is 3.57. The van der Waals surface area contributed by atoms with Crippen molar-refractivity contribution in [1.82, 2.24) is 0 Å². The van der Waals surface area contributed by atoms with Gasteiger partial charge in [-0.05, 0) is 24.6 Å². The highest BCUT2D eigenvalue weighted by molar-refractivity contribution is 5.85. The SMILES string of the molecule is CCCC[C@H](O)[C@H](N)c1cc(OC(F)(F)F)ccc1OC.Cl. The first-order valence-electron chi connectivity index (χ1n) is 6.65. The summed E-state index contributed by atoms with van der Waals surface area (Å²) in [7, 11) is 1.38. The molecule has 1 rings (SSSR count). The molecule has 0 unspecified atom stereocenters. The van der Waals surface area contributed by atoms with E-state index in [9.17, 15) is 18.3 Å². The summed E-state index contributed by atoms with van der Waals surface area (Å²) in [5, 5.41) is 10.0. The van der Waals surface area contributed by atoms with Gasteiger partial charge in [-0.15, -0.1) is 25.6 Å². The maximum absolute atomic E-state index is 12.2. The Hall–Kier alpha value is -1.18. The summed E-state index contributed by atoms with van der Waals surface area (Å²) < 4.78 is 45.7. The van der Waals surface area contributed by atoms with Gasteiger partial charge in [0.2, 0.25) is 0 Å². The van der Waals surface area contributed by atoms with Crippen molar-refractivity contribution < 1.29 is 27.8 Å². The number of alkyl halides is 3. The van der Waals surface area contributed by atoms with Crippen LogP contribution < -0.4 is 15.2 Å². The van der Waals surface area contributed by atoms with Crippen molar-refractivity contribution in [2.45, 2.75) is 44.7 Å². The van der Waals surface area contributed by atoms with E-state index in [1.165, 1.54) is 13.2 Å². The molecule has 0 aromatic heterocycles. The van der Waals surface area contributed by atoms with E-state index in [0.717, 1.165) is 25.0 Å². The van der Waals surface area contributed by atoms with Crippen LogP contribution in [0.5, 0.6) is 11.5 Å². The Kier molecular flexibility index (Phi) is 8.58. The maximum Gasteiger partial charge on any atom is 0.573 e. The zero-order valence-electron chi connectivity index (χ0n) is 12.4. The number of benzene rings is 1. The normalized spacial score (nSPS) is 14.0. The van der Waals surface area contributed by atoms with Crippen molar-refractivity contribution in [2.75, 3.05) is 7.11 Å². The molecule has 0 radical (unpaired) electrons. The molecule has 0 amide bonds. The number of hydrogen-bond donors (Lipinski definition) is 2. The molecule has 2 atom stereocenters. The lowest BCUT2D eigenvalue weighted by molar-refractivity contribution is -0.274. The first-order chi connectivity index (χ1) is 9.78. The lowest BCUT2D eigenvalue weighted by atomic mass is 9.97. The average Bonchev–Trinajstić information content (AvgIpc) is 2.42. The fraction of sp³-hybridized carbons (Fsp3) is 0.571. The Morgan fingerprint density at radius 3 is 2.45 bits per heavy atom. The number of hydrogen-bond acceptors (Lipinski definition) is 4. The Morgan fingerprint density at radius 2 is 1.95 bits per heavy atom. The minimum absolute atomic E-state index is 0. The van der Waals surface area contributed by atoms with Gasteiger partial charge in [0.05, 0.1) is 19.3 Å². The number of ether oxygens (including phenoxy) is 2. The zero-order chi connectivity index (χ0) is 16.0. The van der Waals surface area contributed by atoms with Gasteiger partial charge in [-0.3, -0.25) is 0 Å². The van der Waals surface area contributed by atoms with E-state index >= 15 is 0 Å². The van der Waals surface area contributed by atoms with Crippen molar-refractivity contribution in [2.24, 2.45) is 5.73 Å². The second-order valence-electron chi connectivity index (χ2n) is 4.69. The number of halogens is 4. The van der Waals surface area contributed by atoms with Gasteiger partial charge in [-0.25, -0.2) is 0 Å². The summed E-state index contributed by atoms with van der Waals surface area (Å²) in [4.78, 5) is 0. The summed E-state index contributed by atoms with van der Waals surface area (Å²) in [5.74, 6) is -0.0796. The number of nitrogens with two attached hydrogens (primary N) is 1. The van der Waals surface area contributed by atoms with E-state index in [2.05, 4.69) is 4.74 Å². The molecular formula is C14H21ClF3NO3.